The van der Waals surface area contributed by atoms with Crippen molar-refractivity contribution < 1.29 is 19.1 Å². The summed E-state index contributed by atoms with van der Waals surface area (Å²) in [5, 5.41) is 4.34. The van der Waals surface area contributed by atoms with Crippen LogP contribution in [0.25, 0.3) is 5.69 Å². The number of hydrogen-bond acceptors (Lipinski definition) is 5. The lowest BCUT2D eigenvalue weighted by atomic mass is 9.95. The Morgan fingerprint density at radius 3 is 2.58 bits per heavy atom. The summed E-state index contributed by atoms with van der Waals surface area (Å²) in [6.45, 7) is 3.66. The van der Waals surface area contributed by atoms with E-state index in [4.69, 9.17) is 4.74 Å². The maximum Gasteiger partial charge on any atom is 0.354 e. The number of benzene rings is 2. The largest absolute Gasteiger partial charge is 0.458 e. The number of rotatable bonds is 5. The van der Waals surface area contributed by atoms with Gasteiger partial charge in [0.15, 0.2) is 0 Å². The molecule has 0 N–H and O–H groups in total. The number of aromatic nitrogens is 2. The van der Waals surface area contributed by atoms with Crippen LogP contribution in [0.15, 0.2) is 67.0 Å². The minimum Gasteiger partial charge on any atom is -0.458 e. The summed E-state index contributed by atoms with van der Waals surface area (Å²) >= 11 is 0. The average molecular weight is 444 g/mol. The first-order chi connectivity index (χ1) is 15.9. The van der Waals surface area contributed by atoms with E-state index in [1.807, 2.05) is 44.2 Å². The first-order valence-electron chi connectivity index (χ1n) is 11.0. The van der Waals surface area contributed by atoms with Gasteiger partial charge in [0.25, 0.3) is 5.91 Å². The van der Waals surface area contributed by atoms with Crippen LogP contribution in [-0.2, 0) is 20.9 Å². The molecule has 5 rings (SSSR count). The first-order valence-corrected chi connectivity index (χ1v) is 11.0. The smallest absolute Gasteiger partial charge is 0.354 e. The summed E-state index contributed by atoms with van der Waals surface area (Å²) in [4.78, 5) is 43.0. The third kappa shape index (κ3) is 3.21. The number of fused-ring (bicyclic) bond motifs is 3. The van der Waals surface area contributed by atoms with Gasteiger partial charge in [-0.15, -0.1) is 0 Å². The first kappa shape index (κ1) is 20.9. The number of anilines is 1. The van der Waals surface area contributed by atoms with Gasteiger partial charge >= 0.3 is 5.97 Å². The van der Waals surface area contributed by atoms with E-state index in [2.05, 4.69) is 5.10 Å². The molecule has 8 heteroatoms. The van der Waals surface area contributed by atoms with E-state index in [1.165, 1.54) is 9.80 Å². The molecule has 1 saturated heterocycles. The second-order valence-corrected chi connectivity index (χ2v) is 8.54. The van der Waals surface area contributed by atoms with Gasteiger partial charge in [-0.1, -0.05) is 30.3 Å². The lowest BCUT2D eigenvalue weighted by Gasteiger charge is -2.50. The molecular weight excluding hydrogens is 420 g/mol. The number of amides is 2. The normalized spacial score (nSPS) is 19.6. The monoisotopic (exact) mass is 444 g/mol. The van der Waals surface area contributed by atoms with Gasteiger partial charge in [-0.2, -0.15) is 5.10 Å². The molecule has 168 valence electrons. The molecule has 33 heavy (non-hydrogen) atoms. The fraction of sp³-hybridized carbons (Fsp3) is 0.280. The highest BCUT2D eigenvalue weighted by atomic mass is 16.5. The standard InChI is InChI=1S/C25H24N4O4/c1-17(2)28-23(31)20-10-6-7-11-21(20)29-22(30)12-13-25(28,29)24(32)33-16-18-14-26-27(15-18)19-8-4-3-5-9-19/h3-11,14-15,17H,12-13,16H2,1-2H3. The lowest BCUT2D eigenvalue weighted by Crippen LogP contribution is -2.70. The van der Waals surface area contributed by atoms with Crippen LogP contribution >= 0.6 is 0 Å². The van der Waals surface area contributed by atoms with E-state index >= 15 is 0 Å². The molecule has 0 bridgehead atoms. The van der Waals surface area contributed by atoms with Crippen molar-refractivity contribution in [3.8, 4) is 5.69 Å². The van der Waals surface area contributed by atoms with Crippen molar-refractivity contribution in [2.75, 3.05) is 4.90 Å². The number of nitrogens with zero attached hydrogens (tertiary/aromatic N) is 4. The predicted molar refractivity (Wildman–Crippen MR) is 121 cm³/mol. The molecule has 8 nitrogen and oxygen atoms in total. The van der Waals surface area contributed by atoms with E-state index in [9.17, 15) is 14.4 Å². The Morgan fingerprint density at radius 1 is 1.09 bits per heavy atom. The van der Waals surface area contributed by atoms with Crippen LogP contribution in [-0.4, -0.2) is 44.2 Å². The highest BCUT2D eigenvalue weighted by molar-refractivity contribution is 6.15. The van der Waals surface area contributed by atoms with Crippen LogP contribution in [0.3, 0.4) is 0 Å². The molecule has 3 aromatic rings. The summed E-state index contributed by atoms with van der Waals surface area (Å²) in [7, 11) is 0. The molecule has 2 aliphatic rings. The third-order valence-electron chi connectivity index (χ3n) is 6.17. The van der Waals surface area contributed by atoms with Crippen molar-refractivity contribution in [2.24, 2.45) is 0 Å². The molecule has 0 saturated carbocycles. The number of carbonyl (C=O) groups excluding carboxylic acids is 3. The average Bonchev–Trinajstić information content (AvgIpc) is 3.43. The topological polar surface area (TPSA) is 84.7 Å². The van der Waals surface area contributed by atoms with E-state index in [1.54, 1.807) is 41.3 Å². The zero-order valence-electron chi connectivity index (χ0n) is 18.5. The summed E-state index contributed by atoms with van der Waals surface area (Å²) in [6.07, 6.45) is 3.77. The van der Waals surface area contributed by atoms with E-state index < -0.39 is 11.6 Å². The number of ether oxygens (including phenoxy) is 1. The van der Waals surface area contributed by atoms with Crippen LogP contribution in [0.4, 0.5) is 5.69 Å². The van der Waals surface area contributed by atoms with Crippen molar-refractivity contribution in [1.82, 2.24) is 14.7 Å². The summed E-state index contributed by atoms with van der Waals surface area (Å²) in [5.74, 6) is -1.09. The second-order valence-electron chi connectivity index (χ2n) is 8.54. The zero-order chi connectivity index (χ0) is 23.2. The Hall–Kier alpha value is -3.94. The Labute approximate surface area is 191 Å². The minimum absolute atomic E-state index is 0.0166. The molecule has 0 aliphatic carbocycles. The zero-order valence-corrected chi connectivity index (χ0v) is 18.5. The van der Waals surface area contributed by atoms with Crippen molar-refractivity contribution in [3.05, 3.63) is 78.1 Å². The highest BCUT2D eigenvalue weighted by Crippen LogP contribution is 2.46. The maximum absolute atomic E-state index is 13.6. The number of hydrogen-bond donors (Lipinski definition) is 0. The van der Waals surface area contributed by atoms with Crippen LogP contribution in [0.5, 0.6) is 0 Å². The Kier molecular flexibility index (Phi) is 5.00. The van der Waals surface area contributed by atoms with Gasteiger partial charge < -0.3 is 9.64 Å². The Balaban J connectivity index is 1.46. The molecule has 1 unspecified atom stereocenters. The van der Waals surface area contributed by atoms with Gasteiger partial charge in [0.2, 0.25) is 11.6 Å². The molecule has 1 atom stereocenters. The number of esters is 1. The predicted octanol–water partition coefficient (Wildman–Crippen LogP) is 3.30. The van der Waals surface area contributed by atoms with Gasteiger partial charge in [0, 0.05) is 30.6 Å². The molecule has 0 radical (unpaired) electrons. The van der Waals surface area contributed by atoms with Crippen LogP contribution in [0.1, 0.15) is 42.6 Å². The molecule has 1 aromatic heterocycles. The molecule has 2 amide bonds. The summed E-state index contributed by atoms with van der Waals surface area (Å²) < 4.78 is 7.44. The summed E-state index contributed by atoms with van der Waals surface area (Å²) in [5.41, 5.74) is 0.969. The van der Waals surface area contributed by atoms with Gasteiger partial charge in [-0.05, 0) is 38.1 Å². The van der Waals surface area contributed by atoms with Gasteiger partial charge in [-0.3, -0.25) is 14.5 Å². The van der Waals surface area contributed by atoms with E-state index in [-0.39, 0.29) is 37.3 Å². The van der Waals surface area contributed by atoms with Crippen molar-refractivity contribution in [3.63, 3.8) is 0 Å². The van der Waals surface area contributed by atoms with E-state index in [0.717, 1.165) is 5.69 Å². The van der Waals surface area contributed by atoms with Crippen LogP contribution in [0, 0.1) is 0 Å². The SMILES string of the molecule is CC(C)N1C(=O)c2ccccc2N2C(=O)CCC21C(=O)OCc1cnn(-c2ccccc2)c1. The molecule has 2 aromatic carbocycles. The maximum atomic E-state index is 13.6. The Bertz CT molecular complexity index is 1240. The van der Waals surface area contributed by atoms with Crippen molar-refractivity contribution >= 4 is 23.5 Å². The number of para-hydroxylation sites is 2. The fourth-order valence-electron chi connectivity index (χ4n) is 4.79. The molecule has 1 fully saturated rings. The molecule has 0 spiro atoms. The lowest BCUT2D eigenvalue weighted by molar-refractivity contribution is -0.159. The van der Waals surface area contributed by atoms with Crippen LogP contribution < -0.4 is 4.90 Å². The minimum atomic E-state index is -1.49. The molecule has 3 heterocycles. The molecular formula is C25H24N4O4. The molecule has 2 aliphatic heterocycles. The van der Waals surface area contributed by atoms with Gasteiger partial charge in [-0.25, -0.2) is 9.48 Å². The van der Waals surface area contributed by atoms with E-state index in [0.29, 0.717) is 16.8 Å². The third-order valence-corrected chi connectivity index (χ3v) is 6.17. The van der Waals surface area contributed by atoms with Gasteiger partial charge in [0.1, 0.15) is 6.61 Å². The summed E-state index contributed by atoms with van der Waals surface area (Å²) in [6, 6.07) is 16.2. The van der Waals surface area contributed by atoms with Crippen LogP contribution in [0.2, 0.25) is 0 Å². The Morgan fingerprint density at radius 2 is 1.82 bits per heavy atom. The van der Waals surface area contributed by atoms with Crippen molar-refractivity contribution in [1.29, 1.82) is 0 Å². The van der Waals surface area contributed by atoms with Crippen molar-refractivity contribution in [2.45, 2.75) is 45.0 Å². The van der Waals surface area contributed by atoms with Gasteiger partial charge in [0.05, 0.1) is 23.1 Å². The highest BCUT2D eigenvalue weighted by Gasteiger charge is 2.62. The second kappa shape index (κ2) is 7.88. The fourth-order valence-corrected chi connectivity index (χ4v) is 4.79. The number of carbonyl (C=O) groups is 3. The quantitative estimate of drug-likeness (QED) is 0.564.